The third kappa shape index (κ3) is 2.34. The van der Waals surface area contributed by atoms with Crippen LogP contribution in [0, 0.1) is 0 Å². The SMILES string of the molecule is O=c1[nH]cc(-c2cc([C@H]3C[C@@H]3c3cccnc3)c3nccn3n2)c(=O)[nH]1. The molecule has 0 aliphatic heterocycles. The number of nitrogens with one attached hydrogen (secondary N) is 2. The number of nitrogens with zero attached hydrogens (tertiary/aromatic N) is 4. The summed E-state index contributed by atoms with van der Waals surface area (Å²) in [5, 5.41) is 4.46. The Bertz CT molecular complexity index is 1220. The van der Waals surface area contributed by atoms with Gasteiger partial charge in [-0.25, -0.2) is 14.3 Å². The normalized spacial score (nSPS) is 18.9. The lowest BCUT2D eigenvalue weighted by Crippen LogP contribution is -2.23. The summed E-state index contributed by atoms with van der Waals surface area (Å²) >= 11 is 0. The van der Waals surface area contributed by atoms with E-state index in [2.05, 4.69) is 31.1 Å². The van der Waals surface area contributed by atoms with Crippen LogP contribution in [-0.4, -0.2) is 29.5 Å². The van der Waals surface area contributed by atoms with Crippen molar-refractivity contribution >= 4 is 5.65 Å². The molecular formula is C18H14N6O2. The van der Waals surface area contributed by atoms with Crippen molar-refractivity contribution in [1.82, 2.24) is 29.5 Å². The van der Waals surface area contributed by atoms with E-state index in [-0.39, 0.29) is 0 Å². The molecule has 0 unspecified atom stereocenters. The van der Waals surface area contributed by atoms with E-state index in [0.717, 1.165) is 17.6 Å². The largest absolute Gasteiger partial charge is 0.325 e. The minimum Gasteiger partial charge on any atom is -0.313 e. The Balaban J connectivity index is 1.63. The van der Waals surface area contributed by atoms with Crippen LogP contribution in [0.25, 0.3) is 16.9 Å². The van der Waals surface area contributed by atoms with Gasteiger partial charge in [-0.05, 0) is 36.0 Å². The number of pyridine rings is 1. The summed E-state index contributed by atoms with van der Waals surface area (Å²) in [6.07, 6.45) is 9.49. The summed E-state index contributed by atoms with van der Waals surface area (Å²) in [5.74, 6) is 0.681. The van der Waals surface area contributed by atoms with Crippen LogP contribution in [0.2, 0.25) is 0 Å². The van der Waals surface area contributed by atoms with Gasteiger partial charge in [0.1, 0.15) is 0 Å². The molecule has 5 rings (SSSR count). The zero-order valence-corrected chi connectivity index (χ0v) is 13.6. The lowest BCUT2D eigenvalue weighted by atomic mass is 10.1. The van der Waals surface area contributed by atoms with Gasteiger partial charge in [-0.15, -0.1) is 0 Å². The standard InChI is InChI=1S/C18H14N6O2/c25-17-14(9-21-18(26)22-17)15-7-13(16-20-4-5-24(16)23-15)12-6-11(12)10-2-1-3-19-8-10/h1-5,7-9,11-12H,6H2,(H2,21,22,25,26)/t11-,12+/m1/s1. The van der Waals surface area contributed by atoms with Gasteiger partial charge in [0.05, 0.1) is 11.3 Å². The molecule has 0 saturated heterocycles. The minimum atomic E-state index is -0.540. The average Bonchev–Trinajstić information content (AvgIpc) is 3.30. The number of hydrogen-bond acceptors (Lipinski definition) is 5. The van der Waals surface area contributed by atoms with Crippen LogP contribution >= 0.6 is 0 Å². The van der Waals surface area contributed by atoms with Crippen LogP contribution in [0.4, 0.5) is 0 Å². The Hall–Kier alpha value is -3.55. The number of aromatic nitrogens is 6. The Morgan fingerprint density at radius 3 is 2.92 bits per heavy atom. The van der Waals surface area contributed by atoms with Gasteiger partial charge in [-0.2, -0.15) is 5.10 Å². The highest BCUT2D eigenvalue weighted by Crippen LogP contribution is 2.55. The van der Waals surface area contributed by atoms with E-state index in [0.29, 0.717) is 23.1 Å². The first-order valence-electron chi connectivity index (χ1n) is 8.27. The summed E-state index contributed by atoms with van der Waals surface area (Å²) in [6, 6.07) is 5.91. The molecule has 0 bridgehead atoms. The van der Waals surface area contributed by atoms with Gasteiger partial charge >= 0.3 is 5.69 Å². The Labute approximate surface area is 146 Å². The molecule has 0 amide bonds. The molecule has 128 valence electrons. The van der Waals surface area contributed by atoms with Crippen LogP contribution in [0.5, 0.6) is 0 Å². The fraction of sp³-hybridized carbons (Fsp3) is 0.167. The molecule has 1 aliphatic rings. The monoisotopic (exact) mass is 346 g/mol. The smallest absolute Gasteiger partial charge is 0.313 e. The van der Waals surface area contributed by atoms with Crippen molar-refractivity contribution in [2.75, 3.05) is 0 Å². The lowest BCUT2D eigenvalue weighted by Gasteiger charge is -2.07. The second-order valence-corrected chi connectivity index (χ2v) is 6.40. The third-order valence-corrected chi connectivity index (χ3v) is 4.79. The summed E-state index contributed by atoms with van der Waals surface area (Å²) in [7, 11) is 0. The number of imidazole rings is 1. The molecule has 0 radical (unpaired) electrons. The molecule has 8 nitrogen and oxygen atoms in total. The highest BCUT2D eigenvalue weighted by Gasteiger charge is 2.41. The molecule has 1 fully saturated rings. The van der Waals surface area contributed by atoms with Crippen LogP contribution in [-0.2, 0) is 0 Å². The summed E-state index contributed by atoms with van der Waals surface area (Å²) in [4.78, 5) is 36.8. The highest BCUT2D eigenvalue weighted by molar-refractivity contribution is 5.63. The number of fused-ring (bicyclic) bond motifs is 1. The van der Waals surface area contributed by atoms with E-state index < -0.39 is 11.2 Å². The van der Waals surface area contributed by atoms with E-state index in [4.69, 9.17) is 0 Å². The van der Waals surface area contributed by atoms with E-state index in [9.17, 15) is 9.59 Å². The van der Waals surface area contributed by atoms with Crippen molar-refractivity contribution in [3.05, 3.63) is 81.1 Å². The molecule has 4 aromatic heterocycles. The lowest BCUT2D eigenvalue weighted by molar-refractivity contribution is 0.905. The zero-order valence-electron chi connectivity index (χ0n) is 13.6. The second kappa shape index (κ2) is 5.48. The first-order chi connectivity index (χ1) is 12.7. The molecule has 2 atom stereocenters. The van der Waals surface area contributed by atoms with Crippen LogP contribution in [0.1, 0.15) is 29.4 Å². The summed E-state index contributed by atoms with van der Waals surface area (Å²) < 4.78 is 1.67. The summed E-state index contributed by atoms with van der Waals surface area (Å²) in [6.45, 7) is 0. The number of aromatic amines is 2. The van der Waals surface area contributed by atoms with Crippen molar-refractivity contribution in [1.29, 1.82) is 0 Å². The third-order valence-electron chi connectivity index (χ3n) is 4.79. The number of hydrogen-bond donors (Lipinski definition) is 2. The molecule has 8 heteroatoms. The maximum Gasteiger partial charge on any atom is 0.325 e. The van der Waals surface area contributed by atoms with E-state index in [1.165, 1.54) is 11.8 Å². The molecule has 4 aromatic rings. The Morgan fingerprint density at radius 2 is 2.12 bits per heavy atom. The Kier molecular flexibility index (Phi) is 3.11. The zero-order chi connectivity index (χ0) is 17.7. The fourth-order valence-corrected chi connectivity index (χ4v) is 3.45. The maximum absolute atomic E-state index is 12.1. The van der Waals surface area contributed by atoms with E-state index in [1.54, 1.807) is 23.1 Å². The number of rotatable bonds is 3. The van der Waals surface area contributed by atoms with Crippen molar-refractivity contribution in [2.45, 2.75) is 18.3 Å². The minimum absolute atomic E-state index is 0.299. The first kappa shape index (κ1) is 14.8. The van der Waals surface area contributed by atoms with Crippen molar-refractivity contribution in [3.63, 3.8) is 0 Å². The van der Waals surface area contributed by atoms with Crippen LogP contribution < -0.4 is 11.2 Å². The van der Waals surface area contributed by atoms with Gasteiger partial charge in [0.15, 0.2) is 5.65 Å². The molecule has 0 aromatic carbocycles. The molecule has 4 heterocycles. The topological polar surface area (TPSA) is 109 Å². The van der Waals surface area contributed by atoms with Gasteiger partial charge in [0.25, 0.3) is 5.56 Å². The van der Waals surface area contributed by atoms with Crippen LogP contribution in [0.3, 0.4) is 0 Å². The quantitative estimate of drug-likeness (QED) is 0.583. The molecule has 0 spiro atoms. The Morgan fingerprint density at radius 1 is 1.19 bits per heavy atom. The average molecular weight is 346 g/mol. The molecular weight excluding hydrogens is 332 g/mol. The van der Waals surface area contributed by atoms with Crippen LogP contribution in [0.15, 0.2) is 58.8 Å². The van der Waals surface area contributed by atoms with Gasteiger partial charge in [0.2, 0.25) is 0 Å². The first-order valence-corrected chi connectivity index (χ1v) is 8.27. The highest BCUT2D eigenvalue weighted by atomic mass is 16.2. The molecule has 2 N–H and O–H groups in total. The molecule has 1 saturated carbocycles. The van der Waals surface area contributed by atoms with Crippen molar-refractivity contribution < 1.29 is 0 Å². The predicted octanol–water partition coefficient (Wildman–Crippen LogP) is 1.44. The van der Waals surface area contributed by atoms with E-state index in [1.807, 2.05) is 18.3 Å². The fourth-order valence-electron chi connectivity index (χ4n) is 3.45. The number of H-pyrrole nitrogens is 2. The van der Waals surface area contributed by atoms with Gasteiger partial charge in [0, 0.05) is 36.5 Å². The van der Waals surface area contributed by atoms with Gasteiger partial charge < -0.3 is 4.98 Å². The predicted molar refractivity (Wildman–Crippen MR) is 94.0 cm³/mol. The van der Waals surface area contributed by atoms with E-state index >= 15 is 0 Å². The maximum atomic E-state index is 12.1. The van der Waals surface area contributed by atoms with Gasteiger partial charge in [-0.3, -0.25) is 14.8 Å². The molecule has 1 aliphatic carbocycles. The molecule has 26 heavy (non-hydrogen) atoms. The second-order valence-electron chi connectivity index (χ2n) is 6.40. The van der Waals surface area contributed by atoms with Crippen molar-refractivity contribution in [3.8, 4) is 11.3 Å². The van der Waals surface area contributed by atoms with Gasteiger partial charge in [-0.1, -0.05) is 6.07 Å². The van der Waals surface area contributed by atoms with Crippen molar-refractivity contribution in [2.24, 2.45) is 0 Å². The summed E-state index contributed by atoms with van der Waals surface area (Å²) in [5.41, 5.74) is 2.83.